The van der Waals surface area contributed by atoms with Crippen molar-refractivity contribution >= 4 is 17.7 Å². The van der Waals surface area contributed by atoms with Crippen LogP contribution in [0.3, 0.4) is 0 Å². The van der Waals surface area contributed by atoms with Gasteiger partial charge >= 0.3 is 0 Å². The van der Waals surface area contributed by atoms with Gasteiger partial charge in [-0.25, -0.2) is 0 Å². The molecule has 0 aromatic heterocycles. The molecular formula is C11H23NOS. The van der Waals surface area contributed by atoms with E-state index >= 15 is 0 Å². The van der Waals surface area contributed by atoms with E-state index in [9.17, 15) is 4.79 Å². The van der Waals surface area contributed by atoms with Gasteiger partial charge in [0.25, 0.3) is 0 Å². The third-order valence-electron chi connectivity index (χ3n) is 2.26. The molecule has 0 aromatic rings. The van der Waals surface area contributed by atoms with Crippen molar-refractivity contribution in [2.75, 3.05) is 12.0 Å². The minimum atomic E-state index is 0.187. The maximum Gasteiger partial charge on any atom is 0.219 e. The number of amides is 1. The van der Waals surface area contributed by atoms with Crippen LogP contribution >= 0.6 is 11.8 Å². The van der Waals surface area contributed by atoms with Gasteiger partial charge in [-0.1, -0.05) is 26.7 Å². The van der Waals surface area contributed by atoms with Gasteiger partial charge in [0.1, 0.15) is 0 Å². The largest absolute Gasteiger partial charge is 0.353 e. The first-order valence-corrected chi connectivity index (χ1v) is 6.92. The van der Waals surface area contributed by atoms with E-state index in [1.807, 2.05) is 18.7 Å². The molecule has 84 valence electrons. The van der Waals surface area contributed by atoms with Gasteiger partial charge in [-0.05, 0) is 24.9 Å². The van der Waals surface area contributed by atoms with E-state index in [0.29, 0.717) is 12.5 Å². The van der Waals surface area contributed by atoms with E-state index in [-0.39, 0.29) is 5.91 Å². The fourth-order valence-electron chi connectivity index (χ4n) is 1.33. The van der Waals surface area contributed by atoms with Gasteiger partial charge in [0.2, 0.25) is 5.91 Å². The number of thioether (sulfide) groups is 1. The molecule has 2 nitrogen and oxygen atoms in total. The van der Waals surface area contributed by atoms with Crippen LogP contribution in [0.1, 0.15) is 46.0 Å². The van der Waals surface area contributed by atoms with Crippen molar-refractivity contribution in [2.24, 2.45) is 0 Å². The molecule has 0 unspecified atom stereocenters. The molecule has 14 heavy (non-hydrogen) atoms. The first-order valence-electron chi connectivity index (χ1n) is 5.52. The van der Waals surface area contributed by atoms with Crippen molar-refractivity contribution in [3.8, 4) is 0 Å². The van der Waals surface area contributed by atoms with Crippen LogP contribution < -0.4 is 5.32 Å². The zero-order valence-electron chi connectivity index (χ0n) is 9.64. The summed E-state index contributed by atoms with van der Waals surface area (Å²) in [6.07, 6.45) is 7.36. The third kappa shape index (κ3) is 7.25. The van der Waals surface area contributed by atoms with Crippen LogP contribution in [-0.4, -0.2) is 24.0 Å². The minimum absolute atomic E-state index is 0.187. The normalized spacial score (nSPS) is 12.5. The number of carbonyl (C=O) groups excluding carboxylic acids is 1. The summed E-state index contributed by atoms with van der Waals surface area (Å²) in [6.45, 7) is 4.09. The number of rotatable bonds is 8. The second-order valence-electron chi connectivity index (χ2n) is 3.54. The van der Waals surface area contributed by atoms with E-state index in [1.165, 1.54) is 12.8 Å². The molecule has 1 N–H and O–H groups in total. The lowest BCUT2D eigenvalue weighted by atomic mass is 10.1. The monoisotopic (exact) mass is 217 g/mol. The number of hydrogen-bond acceptors (Lipinski definition) is 2. The minimum Gasteiger partial charge on any atom is -0.353 e. The number of unbranched alkanes of at least 4 members (excludes halogenated alkanes) is 1. The maximum absolute atomic E-state index is 11.2. The summed E-state index contributed by atoms with van der Waals surface area (Å²) < 4.78 is 0. The zero-order chi connectivity index (χ0) is 10.8. The maximum atomic E-state index is 11.2. The highest BCUT2D eigenvalue weighted by atomic mass is 32.2. The molecular weight excluding hydrogens is 194 g/mol. The van der Waals surface area contributed by atoms with Crippen LogP contribution in [0, 0.1) is 0 Å². The highest BCUT2D eigenvalue weighted by Gasteiger charge is 2.09. The SMILES string of the molecule is CCCC[C@@H](CCSC)NC(=O)CC. The van der Waals surface area contributed by atoms with E-state index in [4.69, 9.17) is 0 Å². The lowest BCUT2D eigenvalue weighted by molar-refractivity contribution is -0.121. The zero-order valence-corrected chi connectivity index (χ0v) is 10.5. The molecule has 3 heteroatoms. The summed E-state index contributed by atoms with van der Waals surface area (Å²) in [5.74, 6) is 1.32. The standard InChI is InChI=1S/C11H23NOS/c1-4-6-7-10(8-9-14-3)12-11(13)5-2/h10H,4-9H2,1-3H3,(H,12,13)/t10-/m0/s1. The van der Waals surface area contributed by atoms with Crippen LogP contribution in [0.2, 0.25) is 0 Å². The van der Waals surface area contributed by atoms with Gasteiger partial charge < -0.3 is 5.32 Å². The van der Waals surface area contributed by atoms with Crippen molar-refractivity contribution in [3.05, 3.63) is 0 Å². The topological polar surface area (TPSA) is 29.1 Å². The van der Waals surface area contributed by atoms with Crippen LogP contribution in [0.5, 0.6) is 0 Å². The van der Waals surface area contributed by atoms with Crippen molar-refractivity contribution in [3.63, 3.8) is 0 Å². The molecule has 1 amide bonds. The second kappa shape index (κ2) is 9.38. The lowest BCUT2D eigenvalue weighted by Gasteiger charge is -2.17. The Balaban J connectivity index is 3.77. The molecule has 0 fully saturated rings. The Morgan fingerprint density at radius 3 is 2.57 bits per heavy atom. The van der Waals surface area contributed by atoms with Crippen LogP contribution in [0.25, 0.3) is 0 Å². The van der Waals surface area contributed by atoms with Crippen molar-refractivity contribution in [2.45, 2.75) is 52.0 Å². The van der Waals surface area contributed by atoms with Crippen molar-refractivity contribution in [1.29, 1.82) is 0 Å². The summed E-state index contributed by atoms with van der Waals surface area (Å²) >= 11 is 1.85. The Morgan fingerprint density at radius 2 is 2.07 bits per heavy atom. The smallest absolute Gasteiger partial charge is 0.219 e. The predicted molar refractivity (Wildman–Crippen MR) is 64.7 cm³/mol. The van der Waals surface area contributed by atoms with Crippen LogP contribution in [-0.2, 0) is 4.79 Å². The van der Waals surface area contributed by atoms with Gasteiger partial charge in [-0.3, -0.25) is 4.79 Å². The van der Waals surface area contributed by atoms with E-state index in [0.717, 1.165) is 18.6 Å². The summed E-state index contributed by atoms with van der Waals surface area (Å²) in [7, 11) is 0. The Morgan fingerprint density at radius 1 is 1.36 bits per heavy atom. The molecule has 0 aromatic carbocycles. The predicted octanol–water partition coefficient (Wildman–Crippen LogP) is 2.82. The lowest BCUT2D eigenvalue weighted by Crippen LogP contribution is -2.34. The van der Waals surface area contributed by atoms with Crippen molar-refractivity contribution in [1.82, 2.24) is 5.32 Å². The molecule has 0 spiro atoms. The molecule has 0 saturated heterocycles. The van der Waals surface area contributed by atoms with Gasteiger partial charge in [0.05, 0.1) is 0 Å². The van der Waals surface area contributed by atoms with Crippen molar-refractivity contribution < 1.29 is 4.79 Å². The molecule has 0 radical (unpaired) electrons. The summed E-state index contributed by atoms with van der Waals surface area (Å²) in [5, 5.41) is 3.08. The van der Waals surface area contributed by atoms with E-state index in [2.05, 4.69) is 18.5 Å². The first-order chi connectivity index (χ1) is 6.74. The third-order valence-corrected chi connectivity index (χ3v) is 2.91. The highest BCUT2D eigenvalue weighted by Crippen LogP contribution is 2.08. The average molecular weight is 217 g/mol. The van der Waals surface area contributed by atoms with Gasteiger partial charge in [-0.2, -0.15) is 11.8 Å². The highest BCUT2D eigenvalue weighted by molar-refractivity contribution is 7.98. The quantitative estimate of drug-likeness (QED) is 0.677. The molecule has 0 rings (SSSR count). The Hall–Kier alpha value is -0.180. The molecule has 0 aliphatic rings. The summed E-state index contributed by atoms with van der Waals surface area (Å²) in [4.78, 5) is 11.2. The van der Waals surface area contributed by atoms with Crippen LogP contribution in [0.15, 0.2) is 0 Å². The Bertz CT molecular complexity index is 142. The molecule has 0 bridgehead atoms. The molecule has 0 aliphatic heterocycles. The number of carbonyl (C=O) groups is 1. The molecule has 0 aliphatic carbocycles. The van der Waals surface area contributed by atoms with E-state index in [1.54, 1.807) is 0 Å². The van der Waals surface area contributed by atoms with Gasteiger partial charge in [-0.15, -0.1) is 0 Å². The Labute approximate surface area is 92.2 Å². The molecule has 0 heterocycles. The first kappa shape index (κ1) is 13.8. The van der Waals surface area contributed by atoms with Gasteiger partial charge in [0, 0.05) is 12.5 Å². The average Bonchev–Trinajstić information content (AvgIpc) is 2.21. The summed E-state index contributed by atoms with van der Waals surface area (Å²) in [5.41, 5.74) is 0. The van der Waals surface area contributed by atoms with E-state index < -0.39 is 0 Å². The molecule has 1 atom stereocenters. The second-order valence-corrected chi connectivity index (χ2v) is 4.53. The fraction of sp³-hybridized carbons (Fsp3) is 0.909. The Kier molecular flexibility index (Phi) is 9.26. The van der Waals surface area contributed by atoms with Crippen LogP contribution in [0.4, 0.5) is 0 Å². The molecule has 0 saturated carbocycles. The number of nitrogens with one attached hydrogen (secondary N) is 1. The number of hydrogen-bond donors (Lipinski definition) is 1. The van der Waals surface area contributed by atoms with Gasteiger partial charge in [0.15, 0.2) is 0 Å². The fourth-order valence-corrected chi connectivity index (χ4v) is 1.85. The summed E-state index contributed by atoms with van der Waals surface area (Å²) in [6, 6.07) is 0.398.